The highest BCUT2D eigenvalue weighted by molar-refractivity contribution is 5.71. The average molecular weight is 315 g/mol. The third-order valence-electron chi connectivity index (χ3n) is 5.44. The number of esters is 1. The second kappa shape index (κ2) is 5.62. The normalized spacial score (nSPS) is 26.4. The lowest BCUT2D eigenvalue weighted by molar-refractivity contribution is -0.158. The van der Waals surface area contributed by atoms with Gasteiger partial charge < -0.3 is 4.74 Å². The van der Waals surface area contributed by atoms with Gasteiger partial charge in [0.15, 0.2) is 0 Å². The summed E-state index contributed by atoms with van der Waals surface area (Å²) >= 11 is 0. The molecule has 2 aliphatic rings. The Kier molecular flexibility index (Phi) is 4.04. The van der Waals surface area contributed by atoms with Crippen LogP contribution in [-0.2, 0) is 16.1 Å². The number of likely N-dealkylation sites (tertiary alicyclic amines) is 1. The van der Waals surface area contributed by atoms with E-state index < -0.39 is 5.60 Å². The van der Waals surface area contributed by atoms with Crippen molar-refractivity contribution in [2.75, 3.05) is 13.1 Å². The first-order valence-corrected chi connectivity index (χ1v) is 8.70. The molecule has 23 heavy (non-hydrogen) atoms. The Morgan fingerprint density at radius 1 is 1.17 bits per heavy atom. The van der Waals surface area contributed by atoms with Crippen molar-refractivity contribution in [3.8, 4) is 0 Å². The van der Waals surface area contributed by atoms with Gasteiger partial charge in [0.1, 0.15) is 5.60 Å². The van der Waals surface area contributed by atoms with Gasteiger partial charge in [-0.2, -0.15) is 0 Å². The van der Waals surface area contributed by atoms with E-state index >= 15 is 0 Å². The molecule has 0 bridgehead atoms. The number of hydrogen-bond donors (Lipinski definition) is 0. The van der Waals surface area contributed by atoms with Gasteiger partial charge in [0.05, 0.1) is 6.42 Å². The number of carbonyl (C=O) groups excluding carboxylic acids is 1. The lowest BCUT2D eigenvalue weighted by Gasteiger charge is -2.31. The van der Waals surface area contributed by atoms with Gasteiger partial charge in [-0.25, -0.2) is 0 Å². The summed E-state index contributed by atoms with van der Waals surface area (Å²) in [6, 6.07) is 10.6. The third-order valence-corrected chi connectivity index (χ3v) is 5.44. The quantitative estimate of drug-likeness (QED) is 0.786. The molecule has 3 nitrogen and oxygen atoms in total. The minimum atomic E-state index is -0.396. The molecule has 1 saturated heterocycles. The lowest BCUT2D eigenvalue weighted by Crippen LogP contribution is -2.34. The molecular formula is C20H29NO2. The Hall–Kier alpha value is -1.35. The van der Waals surface area contributed by atoms with Crippen molar-refractivity contribution in [1.29, 1.82) is 0 Å². The summed E-state index contributed by atoms with van der Waals surface area (Å²) in [6.45, 7) is 11.2. The number of ether oxygens (including phenoxy) is 1. The Balaban J connectivity index is 1.66. The molecule has 126 valence electrons. The highest BCUT2D eigenvalue weighted by Crippen LogP contribution is 2.64. The number of carbonyl (C=O) groups is 1. The van der Waals surface area contributed by atoms with Crippen LogP contribution in [0.15, 0.2) is 30.3 Å². The zero-order chi connectivity index (χ0) is 16.7. The molecule has 3 heteroatoms. The molecule has 1 unspecified atom stereocenters. The molecule has 0 aromatic heterocycles. The SMILES string of the molecule is CC(C)(C)OC(=O)CC1(C)CN(Cc2ccccc2)CC12CC2. The Labute approximate surface area is 140 Å². The molecule has 2 fully saturated rings. The summed E-state index contributed by atoms with van der Waals surface area (Å²) in [5.41, 5.74) is 1.33. The van der Waals surface area contributed by atoms with E-state index in [1.807, 2.05) is 20.8 Å². The predicted octanol–water partition coefficient (Wildman–Crippen LogP) is 4.02. The minimum absolute atomic E-state index is 0.0457. The fourth-order valence-electron chi connectivity index (χ4n) is 4.14. The van der Waals surface area contributed by atoms with Crippen molar-refractivity contribution in [3.05, 3.63) is 35.9 Å². The van der Waals surface area contributed by atoms with Gasteiger partial charge in [0.25, 0.3) is 0 Å². The van der Waals surface area contributed by atoms with E-state index in [0.29, 0.717) is 11.8 Å². The van der Waals surface area contributed by atoms with Crippen LogP contribution in [0.4, 0.5) is 0 Å². The average Bonchev–Trinajstić information content (AvgIpc) is 3.13. The summed E-state index contributed by atoms with van der Waals surface area (Å²) in [5.74, 6) is -0.0483. The van der Waals surface area contributed by atoms with Crippen molar-refractivity contribution in [1.82, 2.24) is 4.90 Å². The van der Waals surface area contributed by atoms with Gasteiger partial charge in [-0.1, -0.05) is 37.3 Å². The van der Waals surface area contributed by atoms with Crippen molar-refractivity contribution in [2.24, 2.45) is 10.8 Å². The topological polar surface area (TPSA) is 29.5 Å². The molecule has 0 radical (unpaired) electrons. The highest BCUT2D eigenvalue weighted by atomic mass is 16.6. The van der Waals surface area contributed by atoms with Crippen molar-refractivity contribution in [2.45, 2.75) is 59.1 Å². The summed E-state index contributed by atoms with van der Waals surface area (Å²) in [4.78, 5) is 14.9. The number of nitrogens with zero attached hydrogens (tertiary/aromatic N) is 1. The molecule has 1 spiro atoms. The maximum absolute atomic E-state index is 12.4. The lowest BCUT2D eigenvalue weighted by atomic mass is 9.74. The largest absolute Gasteiger partial charge is 0.460 e. The fraction of sp³-hybridized carbons (Fsp3) is 0.650. The molecule has 1 aromatic rings. The van der Waals surface area contributed by atoms with Crippen LogP contribution in [0.25, 0.3) is 0 Å². The third kappa shape index (κ3) is 3.60. The first-order valence-electron chi connectivity index (χ1n) is 8.70. The molecule has 0 amide bonds. The predicted molar refractivity (Wildman–Crippen MR) is 92.0 cm³/mol. The second-order valence-electron chi connectivity index (χ2n) is 8.73. The zero-order valence-electron chi connectivity index (χ0n) is 14.9. The van der Waals surface area contributed by atoms with Crippen molar-refractivity contribution in [3.63, 3.8) is 0 Å². The maximum atomic E-state index is 12.4. The molecule has 1 aliphatic carbocycles. The second-order valence-corrected chi connectivity index (χ2v) is 8.73. The summed E-state index contributed by atoms with van der Waals surface area (Å²) < 4.78 is 5.58. The molecular weight excluding hydrogens is 286 g/mol. The van der Waals surface area contributed by atoms with E-state index in [1.165, 1.54) is 18.4 Å². The molecule has 1 aliphatic heterocycles. The monoisotopic (exact) mass is 315 g/mol. The van der Waals surface area contributed by atoms with Crippen molar-refractivity contribution < 1.29 is 9.53 Å². The van der Waals surface area contributed by atoms with Crippen LogP contribution in [-0.4, -0.2) is 29.6 Å². The first-order chi connectivity index (χ1) is 10.7. The Morgan fingerprint density at radius 2 is 1.83 bits per heavy atom. The molecule has 1 saturated carbocycles. The number of rotatable bonds is 4. The first kappa shape index (κ1) is 16.5. The van der Waals surface area contributed by atoms with Gasteiger partial charge >= 0.3 is 5.97 Å². The van der Waals surface area contributed by atoms with E-state index in [0.717, 1.165) is 19.6 Å². The van der Waals surface area contributed by atoms with E-state index in [2.05, 4.69) is 42.2 Å². The van der Waals surface area contributed by atoms with E-state index in [1.54, 1.807) is 0 Å². The van der Waals surface area contributed by atoms with Crippen LogP contribution in [0, 0.1) is 10.8 Å². The molecule has 1 heterocycles. The van der Waals surface area contributed by atoms with Crippen molar-refractivity contribution >= 4 is 5.97 Å². The number of benzene rings is 1. The summed E-state index contributed by atoms with van der Waals surface area (Å²) in [6.07, 6.45) is 3.03. The van der Waals surface area contributed by atoms with Gasteiger partial charge in [-0.3, -0.25) is 9.69 Å². The fourth-order valence-corrected chi connectivity index (χ4v) is 4.14. The standard InChI is InChI=1S/C20H29NO2/c1-18(2,3)23-17(22)12-19(4)14-21(15-20(19)10-11-20)13-16-8-6-5-7-9-16/h5-9H,10-15H2,1-4H3. The maximum Gasteiger partial charge on any atom is 0.306 e. The molecule has 3 rings (SSSR count). The van der Waals surface area contributed by atoms with Gasteiger partial charge in [0.2, 0.25) is 0 Å². The van der Waals surface area contributed by atoms with Gasteiger partial charge in [-0.15, -0.1) is 0 Å². The Morgan fingerprint density at radius 3 is 2.39 bits per heavy atom. The van der Waals surface area contributed by atoms with Crippen LogP contribution >= 0.6 is 0 Å². The van der Waals surface area contributed by atoms with E-state index in [4.69, 9.17) is 4.74 Å². The number of hydrogen-bond acceptors (Lipinski definition) is 3. The van der Waals surface area contributed by atoms with Gasteiger partial charge in [-0.05, 0) is 50.0 Å². The summed E-state index contributed by atoms with van der Waals surface area (Å²) in [5, 5.41) is 0. The molecule has 1 aromatic carbocycles. The van der Waals surface area contributed by atoms with Crippen LogP contribution in [0.1, 0.15) is 52.5 Å². The molecule has 0 N–H and O–H groups in total. The van der Waals surface area contributed by atoms with Crippen LogP contribution < -0.4 is 0 Å². The minimum Gasteiger partial charge on any atom is -0.460 e. The molecule has 1 atom stereocenters. The summed E-state index contributed by atoms with van der Waals surface area (Å²) in [7, 11) is 0. The van der Waals surface area contributed by atoms with Crippen LogP contribution in [0.2, 0.25) is 0 Å². The van der Waals surface area contributed by atoms with Crippen LogP contribution in [0.3, 0.4) is 0 Å². The zero-order valence-corrected chi connectivity index (χ0v) is 14.9. The smallest absolute Gasteiger partial charge is 0.306 e. The van der Waals surface area contributed by atoms with E-state index in [-0.39, 0.29) is 11.4 Å². The van der Waals surface area contributed by atoms with Gasteiger partial charge in [0, 0.05) is 19.6 Å². The van der Waals surface area contributed by atoms with E-state index in [9.17, 15) is 4.79 Å². The van der Waals surface area contributed by atoms with Crippen LogP contribution in [0.5, 0.6) is 0 Å². The Bertz CT molecular complexity index is 571. The highest BCUT2D eigenvalue weighted by Gasteiger charge is 2.62.